The van der Waals surface area contributed by atoms with Crippen LogP contribution in [-0.4, -0.2) is 29.6 Å². The maximum atomic E-state index is 11.4. The van der Waals surface area contributed by atoms with Gasteiger partial charge in [0.1, 0.15) is 0 Å². The molecule has 0 aliphatic carbocycles. The molecule has 0 radical (unpaired) electrons. The Kier molecular flexibility index (Phi) is 12.0. The Morgan fingerprint density at radius 1 is 0.724 bits per heavy atom. The Hall–Kier alpha value is -2.11. The molecule has 166 valence electrons. The summed E-state index contributed by atoms with van der Waals surface area (Å²) in [7, 11) is 0. The van der Waals surface area contributed by atoms with E-state index in [1.807, 2.05) is 13.8 Å². The highest BCUT2D eigenvalue weighted by atomic mass is 16.7. The summed E-state index contributed by atoms with van der Waals surface area (Å²) in [6, 6.07) is 0. The van der Waals surface area contributed by atoms with Gasteiger partial charge in [-0.1, -0.05) is 53.4 Å². The lowest BCUT2D eigenvalue weighted by molar-refractivity contribution is 0.141. The predicted octanol–water partition coefficient (Wildman–Crippen LogP) is 6.49. The molecule has 0 amide bonds. The number of ether oxygens (including phenoxy) is 3. The Morgan fingerprint density at radius 2 is 1.21 bits per heavy atom. The number of phenolic OH excluding ortho intramolecular Hbond substituents is 1. The quantitative estimate of drug-likeness (QED) is 0.195. The lowest BCUT2D eigenvalue weighted by Crippen LogP contribution is -2.12. The molecule has 0 aliphatic rings. The molecule has 29 heavy (non-hydrogen) atoms. The van der Waals surface area contributed by atoms with E-state index >= 15 is 0 Å². The van der Waals surface area contributed by atoms with Crippen LogP contribution in [0.4, 0.5) is 4.79 Å². The summed E-state index contributed by atoms with van der Waals surface area (Å²) in [5.74, 6) is 0.452. The Morgan fingerprint density at radius 3 is 1.66 bits per heavy atom. The number of hydrogen-bond donors (Lipinski definition) is 2. The lowest BCUT2D eigenvalue weighted by atomic mass is 9.94. The Labute approximate surface area is 175 Å². The summed E-state index contributed by atoms with van der Waals surface area (Å²) < 4.78 is 16.9. The number of carbonyl (C=O) groups is 1. The fourth-order valence-corrected chi connectivity index (χ4v) is 3.29. The second-order valence-electron chi connectivity index (χ2n) is 7.27. The molecule has 0 heterocycles. The van der Waals surface area contributed by atoms with Gasteiger partial charge in [0.05, 0.1) is 13.2 Å². The Bertz CT molecular complexity index is 627. The van der Waals surface area contributed by atoms with Crippen LogP contribution >= 0.6 is 0 Å². The van der Waals surface area contributed by atoms with Crippen molar-refractivity contribution in [3.8, 4) is 23.0 Å². The van der Waals surface area contributed by atoms with Crippen molar-refractivity contribution >= 4 is 6.16 Å². The topological polar surface area (TPSA) is 85.2 Å². The van der Waals surface area contributed by atoms with E-state index in [2.05, 4.69) is 13.8 Å². The second kappa shape index (κ2) is 14.0. The van der Waals surface area contributed by atoms with Gasteiger partial charge in [0.15, 0.2) is 11.5 Å². The fraction of sp³-hybridized carbons (Fsp3) is 0.696. The molecule has 0 bridgehead atoms. The zero-order valence-corrected chi connectivity index (χ0v) is 18.5. The van der Waals surface area contributed by atoms with E-state index in [1.165, 1.54) is 0 Å². The van der Waals surface area contributed by atoms with E-state index in [-0.39, 0.29) is 17.2 Å². The highest BCUT2D eigenvalue weighted by molar-refractivity contribution is 5.71. The smallest absolute Gasteiger partial charge is 0.502 e. The third-order valence-electron chi connectivity index (χ3n) is 4.70. The van der Waals surface area contributed by atoms with Crippen molar-refractivity contribution in [2.24, 2.45) is 0 Å². The minimum atomic E-state index is -1.44. The van der Waals surface area contributed by atoms with Gasteiger partial charge in [-0.15, -0.1) is 0 Å². The summed E-state index contributed by atoms with van der Waals surface area (Å²) >= 11 is 0. The van der Waals surface area contributed by atoms with E-state index in [0.717, 1.165) is 68.9 Å². The monoisotopic (exact) mass is 410 g/mol. The highest BCUT2D eigenvalue weighted by Crippen LogP contribution is 2.50. The van der Waals surface area contributed by atoms with Crippen LogP contribution in [0.5, 0.6) is 23.0 Å². The first-order valence-corrected chi connectivity index (χ1v) is 11.1. The van der Waals surface area contributed by atoms with E-state index in [1.54, 1.807) is 0 Å². The van der Waals surface area contributed by atoms with E-state index in [0.29, 0.717) is 25.4 Å². The minimum absolute atomic E-state index is 0.00458. The maximum absolute atomic E-state index is 11.4. The molecule has 1 aromatic rings. The molecule has 6 heteroatoms. The van der Waals surface area contributed by atoms with Crippen LogP contribution in [0.15, 0.2) is 0 Å². The van der Waals surface area contributed by atoms with Gasteiger partial charge in [0.2, 0.25) is 11.5 Å². The van der Waals surface area contributed by atoms with Crippen LogP contribution in [0.2, 0.25) is 0 Å². The van der Waals surface area contributed by atoms with Crippen LogP contribution in [-0.2, 0) is 12.8 Å². The van der Waals surface area contributed by atoms with Gasteiger partial charge in [-0.3, -0.25) is 0 Å². The van der Waals surface area contributed by atoms with E-state index < -0.39 is 6.16 Å². The van der Waals surface area contributed by atoms with Gasteiger partial charge in [0.25, 0.3) is 0 Å². The first-order chi connectivity index (χ1) is 14.0. The normalized spacial score (nSPS) is 10.8. The standard InChI is InChI=1S/C23H38O6/c1-5-9-11-13-17-18(14-12-10-6-2)21(27-15-7-3)22(28-16-8-4)19(24)20(17)29-23(25)26/h24H,5-16H2,1-4H3,(H,25,26). The zero-order chi connectivity index (χ0) is 21.6. The Balaban J connectivity index is 3.60. The molecule has 1 aromatic carbocycles. The molecule has 2 N–H and O–H groups in total. The van der Waals surface area contributed by atoms with E-state index in [4.69, 9.17) is 14.2 Å². The molecule has 0 saturated carbocycles. The van der Waals surface area contributed by atoms with Crippen LogP contribution in [0.3, 0.4) is 0 Å². The largest absolute Gasteiger partial charge is 0.511 e. The number of unbranched alkanes of at least 4 members (excludes halogenated alkanes) is 4. The number of hydrogen-bond acceptors (Lipinski definition) is 5. The zero-order valence-electron chi connectivity index (χ0n) is 18.5. The average Bonchev–Trinajstić information content (AvgIpc) is 2.69. The summed E-state index contributed by atoms with van der Waals surface area (Å²) in [6.07, 6.45) is 7.51. The van der Waals surface area contributed by atoms with Crippen LogP contribution in [0.25, 0.3) is 0 Å². The van der Waals surface area contributed by atoms with Crippen molar-refractivity contribution in [2.75, 3.05) is 13.2 Å². The van der Waals surface area contributed by atoms with Crippen molar-refractivity contribution in [2.45, 2.75) is 91.9 Å². The van der Waals surface area contributed by atoms with Gasteiger partial charge in [-0.05, 0) is 38.5 Å². The van der Waals surface area contributed by atoms with Gasteiger partial charge in [0, 0.05) is 11.1 Å². The third-order valence-corrected chi connectivity index (χ3v) is 4.70. The first kappa shape index (κ1) is 24.9. The predicted molar refractivity (Wildman–Crippen MR) is 115 cm³/mol. The summed E-state index contributed by atoms with van der Waals surface area (Å²) in [5, 5.41) is 20.1. The molecule has 0 unspecified atom stereocenters. The van der Waals surface area contributed by atoms with Crippen molar-refractivity contribution in [3.05, 3.63) is 11.1 Å². The summed E-state index contributed by atoms with van der Waals surface area (Å²) in [5.41, 5.74) is 1.63. The SMILES string of the molecule is CCCCCc1c(CCCCC)c(OCCC)c(OCCC)c(O)c1OC(=O)O. The van der Waals surface area contributed by atoms with Gasteiger partial charge in [-0.2, -0.15) is 0 Å². The molecule has 0 spiro atoms. The van der Waals surface area contributed by atoms with E-state index in [9.17, 15) is 15.0 Å². The van der Waals surface area contributed by atoms with Crippen LogP contribution in [0.1, 0.15) is 90.2 Å². The number of rotatable bonds is 15. The third kappa shape index (κ3) is 7.67. The molecular formula is C23H38O6. The molecule has 0 fully saturated rings. The molecule has 0 aromatic heterocycles. The minimum Gasteiger partial charge on any atom is -0.502 e. The van der Waals surface area contributed by atoms with Crippen LogP contribution < -0.4 is 14.2 Å². The highest BCUT2D eigenvalue weighted by Gasteiger charge is 2.28. The molecule has 0 atom stereocenters. The number of phenols is 1. The number of benzene rings is 1. The fourth-order valence-electron chi connectivity index (χ4n) is 3.29. The maximum Gasteiger partial charge on any atom is 0.511 e. The molecule has 6 nitrogen and oxygen atoms in total. The molecular weight excluding hydrogens is 372 g/mol. The molecule has 0 saturated heterocycles. The van der Waals surface area contributed by atoms with Crippen molar-refractivity contribution < 1.29 is 29.2 Å². The number of carboxylic acid groups (broad SMARTS) is 1. The molecule has 0 aliphatic heterocycles. The number of aromatic hydroxyl groups is 1. The summed E-state index contributed by atoms with van der Waals surface area (Å²) in [6.45, 7) is 9.14. The second-order valence-corrected chi connectivity index (χ2v) is 7.27. The lowest BCUT2D eigenvalue weighted by Gasteiger charge is -2.23. The van der Waals surface area contributed by atoms with Crippen LogP contribution in [0, 0.1) is 0 Å². The molecule has 1 rings (SSSR count). The van der Waals surface area contributed by atoms with Gasteiger partial charge >= 0.3 is 6.16 Å². The van der Waals surface area contributed by atoms with Crippen molar-refractivity contribution in [1.82, 2.24) is 0 Å². The van der Waals surface area contributed by atoms with Crippen molar-refractivity contribution in [1.29, 1.82) is 0 Å². The van der Waals surface area contributed by atoms with Crippen molar-refractivity contribution in [3.63, 3.8) is 0 Å². The summed E-state index contributed by atoms with van der Waals surface area (Å²) in [4.78, 5) is 11.4. The first-order valence-electron chi connectivity index (χ1n) is 11.1. The van der Waals surface area contributed by atoms with Gasteiger partial charge in [-0.25, -0.2) is 4.79 Å². The average molecular weight is 411 g/mol. The van der Waals surface area contributed by atoms with Gasteiger partial charge < -0.3 is 24.4 Å².